The highest BCUT2D eigenvalue weighted by Gasteiger charge is 2.09. The van der Waals surface area contributed by atoms with E-state index in [4.69, 9.17) is 14.9 Å². The van der Waals surface area contributed by atoms with E-state index >= 15 is 0 Å². The lowest BCUT2D eigenvalue weighted by Crippen LogP contribution is -2.08. The molecule has 57 heavy (non-hydrogen) atoms. The Kier molecular flexibility index (Phi) is 23.7. The van der Waals surface area contributed by atoms with Crippen molar-refractivity contribution in [2.45, 2.75) is 73.6 Å². The lowest BCUT2D eigenvalue weighted by Gasteiger charge is -2.03. The SMILES string of the molecule is CCOC(=O)Cc1ccc(C)cc1F.CCc1ccc(O)cc1.CCc1cccc(O)c1.COC(=O)Cc1ccc(C)cc1.COC(=O)Cc1ccc(C)cc1F. The number of hydrogen-bond donors (Lipinski definition) is 2. The Balaban J connectivity index is 0.000000360. The molecule has 5 rings (SSSR count). The highest BCUT2D eigenvalue weighted by Crippen LogP contribution is 2.13. The molecule has 2 N–H and O–H groups in total. The van der Waals surface area contributed by atoms with Crippen molar-refractivity contribution < 1.29 is 47.6 Å². The second-order valence-corrected chi connectivity index (χ2v) is 12.7. The molecule has 306 valence electrons. The highest BCUT2D eigenvalue weighted by molar-refractivity contribution is 5.73. The topological polar surface area (TPSA) is 119 Å². The van der Waals surface area contributed by atoms with Gasteiger partial charge in [-0.15, -0.1) is 0 Å². The summed E-state index contributed by atoms with van der Waals surface area (Å²) in [5.74, 6) is -1.03. The van der Waals surface area contributed by atoms with Gasteiger partial charge >= 0.3 is 17.9 Å². The standard InChI is InChI=1S/C11H13FO2.C10H11FO2.C10H12O2.2C8H10O/c1-3-14-11(13)7-9-5-4-8(2)6-10(9)12;1-7-3-4-8(9(11)5-7)6-10(12)13-2;1-8-3-5-9(6-4-8)7-10(11)12-2;1-2-7-3-5-8(9)6-4-7;1-2-7-4-3-5-8(9)6-7/h4-6H,3,7H2,1-2H3;3-5H,6H2,1-2H3;3-6H,7H2,1-2H3;2*3-6,9H,2H2,1H3. The van der Waals surface area contributed by atoms with Crippen LogP contribution in [0, 0.1) is 32.4 Å². The Morgan fingerprint density at radius 2 is 0.965 bits per heavy atom. The van der Waals surface area contributed by atoms with E-state index < -0.39 is 11.9 Å². The van der Waals surface area contributed by atoms with Gasteiger partial charge < -0.3 is 24.4 Å². The van der Waals surface area contributed by atoms with Crippen LogP contribution in [0.15, 0.2) is 109 Å². The summed E-state index contributed by atoms with van der Waals surface area (Å²) in [6.45, 7) is 11.8. The van der Waals surface area contributed by atoms with Gasteiger partial charge in [0.1, 0.15) is 23.1 Å². The van der Waals surface area contributed by atoms with E-state index in [1.807, 2.05) is 55.5 Å². The number of ether oxygens (including phenoxy) is 3. The van der Waals surface area contributed by atoms with E-state index in [2.05, 4.69) is 23.3 Å². The maximum Gasteiger partial charge on any atom is 0.310 e. The van der Waals surface area contributed by atoms with Crippen molar-refractivity contribution in [2.24, 2.45) is 0 Å². The van der Waals surface area contributed by atoms with Crippen LogP contribution in [0.1, 0.15) is 65.3 Å². The number of benzene rings is 5. The first-order chi connectivity index (χ1) is 27.1. The summed E-state index contributed by atoms with van der Waals surface area (Å²) in [7, 11) is 2.69. The number of methoxy groups -OCH3 is 2. The van der Waals surface area contributed by atoms with Crippen LogP contribution in [0.5, 0.6) is 11.5 Å². The molecule has 0 saturated heterocycles. The molecule has 0 unspecified atom stereocenters. The van der Waals surface area contributed by atoms with E-state index in [0.717, 1.165) is 29.5 Å². The Labute approximate surface area is 336 Å². The van der Waals surface area contributed by atoms with Gasteiger partial charge in [0.15, 0.2) is 0 Å². The molecular weight excluding hydrogens is 731 g/mol. The Morgan fingerprint density at radius 3 is 1.39 bits per heavy atom. The highest BCUT2D eigenvalue weighted by atomic mass is 19.1. The minimum absolute atomic E-state index is 0.0000463. The van der Waals surface area contributed by atoms with Crippen molar-refractivity contribution >= 4 is 17.9 Å². The Hall–Kier alpha value is -6.03. The van der Waals surface area contributed by atoms with Crippen molar-refractivity contribution in [1.29, 1.82) is 0 Å². The summed E-state index contributed by atoms with van der Waals surface area (Å²) in [4.78, 5) is 32.7. The molecule has 10 heteroatoms. The number of phenolic OH excluding ortho intramolecular Hbond substituents is 2. The van der Waals surface area contributed by atoms with Crippen LogP contribution in [0.4, 0.5) is 8.78 Å². The van der Waals surface area contributed by atoms with Crippen LogP contribution in [-0.4, -0.2) is 48.9 Å². The van der Waals surface area contributed by atoms with Crippen LogP contribution in [0.25, 0.3) is 0 Å². The fourth-order valence-electron chi connectivity index (χ4n) is 4.64. The second-order valence-electron chi connectivity index (χ2n) is 12.7. The fourth-order valence-corrected chi connectivity index (χ4v) is 4.64. The van der Waals surface area contributed by atoms with Crippen LogP contribution in [0.3, 0.4) is 0 Å². The lowest BCUT2D eigenvalue weighted by molar-refractivity contribution is -0.142. The zero-order chi connectivity index (χ0) is 42.8. The number of halogens is 2. The van der Waals surface area contributed by atoms with E-state index in [0.29, 0.717) is 35.7 Å². The number of rotatable bonds is 9. The second kappa shape index (κ2) is 27.5. The zero-order valence-corrected chi connectivity index (χ0v) is 34.2. The molecule has 5 aromatic carbocycles. The average Bonchev–Trinajstić information content (AvgIpc) is 3.19. The number of carbonyl (C=O) groups excluding carboxylic acids is 3. The van der Waals surface area contributed by atoms with Crippen molar-refractivity contribution in [3.63, 3.8) is 0 Å². The van der Waals surface area contributed by atoms with Crippen LogP contribution in [-0.2, 0) is 60.7 Å². The van der Waals surface area contributed by atoms with Gasteiger partial charge in [0, 0.05) is 0 Å². The van der Waals surface area contributed by atoms with Crippen molar-refractivity contribution in [1.82, 2.24) is 0 Å². The van der Waals surface area contributed by atoms with Gasteiger partial charge in [-0.3, -0.25) is 14.4 Å². The summed E-state index contributed by atoms with van der Waals surface area (Å²) in [6.07, 6.45) is 2.36. The molecule has 0 bridgehead atoms. The quantitative estimate of drug-likeness (QED) is 0.112. The molecule has 8 nitrogen and oxygen atoms in total. The number of aryl methyl sites for hydroxylation is 5. The molecule has 0 radical (unpaired) electrons. The summed E-state index contributed by atoms with van der Waals surface area (Å²) in [5.41, 5.74) is 7.06. The van der Waals surface area contributed by atoms with Gasteiger partial charge in [0.25, 0.3) is 0 Å². The molecule has 0 spiro atoms. The lowest BCUT2D eigenvalue weighted by atomic mass is 10.1. The average molecular weight is 787 g/mol. The van der Waals surface area contributed by atoms with Crippen LogP contribution < -0.4 is 0 Å². The van der Waals surface area contributed by atoms with Crippen LogP contribution in [0.2, 0.25) is 0 Å². The third-order valence-electron chi connectivity index (χ3n) is 7.98. The van der Waals surface area contributed by atoms with Crippen LogP contribution >= 0.6 is 0 Å². The largest absolute Gasteiger partial charge is 0.508 e. The summed E-state index contributed by atoms with van der Waals surface area (Å²) >= 11 is 0. The first kappa shape index (κ1) is 49.0. The van der Waals surface area contributed by atoms with Crippen molar-refractivity contribution in [2.75, 3.05) is 20.8 Å². The Morgan fingerprint density at radius 1 is 0.509 bits per heavy atom. The molecule has 0 aromatic heterocycles. The minimum Gasteiger partial charge on any atom is -0.508 e. The molecule has 0 aliphatic heterocycles. The van der Waals surface area contributed by atoms with E-state index in [1.54, 1.807) is 69.3 Å². The normalized spacial score (nSPS) is 9.65. The van der Waals surface area contributed by atoms with Gasteiger partial charge in [-0.2, -0.15) is 0 Å². The molecule has 0 aliphatic rings. The van der Waals surface area contributed by atoms with E-state index in [-0.39, 0.29) is 30.4 Å². The zero-order valence-electron chi connectivity index (χ0n) is 34.2. The summed E-state index contributed by atoms with van der Waals surface area (Å²) in [5, 5.41) is 17.8. The van der Waals surface area contributed by atoms with E-state index in [1.165, 1.54) is 43.0 Å². The smallest absolute Gasteiger partial charge is 0.310 e. The predicted octanol–water partition coefficient (Wildman–Crippen LogP) is 9.71. The number of phenols is 2. The van der Waals surface area contributed by atoms with Crippen molar-refractivity contribution in [3.8, 4) is 11.5 Å². The fraction of sp³-hybridized carbons (Fsp3) is 0.298. The Bertz CT molecular complexity index is 1940. The summed E-state index contributed by atoms with van der Waals surface area (Å²) < 4.78 is 40.1. The number of carbonyl (C=O) groups is 3. The summed E-state index contributed by atoms with van der Waals surface area (Å²) in [6, 6.07) is 32.0. The number of aromatic hydroxyl groups is 2. The number of hydrogen-bond acceptors (Lipinski definition) is 8. The maximum absolute atomic E-state index is 13.2. The first-order valence-corrected chi connectivity index (χ1v) is 18.5. The monoisotopic (exact) mass is 786 g/mol. The molecule has 0 amide bonds. The third-order valence-corrected chi connectivity index (χ3v) is 7.98. The van der Waals surface area contributed by atoms with Crippen molar-refractivity contribution in [3.05, 3.63) is 165 Å². The molecular formula is C47H56F2O8. The third kappa shape index (κ3) is 21.6. The molecule has 5 aromatic rings. The predicted molar refractivity (Wildman–Crippen MR) is 220 cm³/mol. The van der Waals surface area contributed by atoms with Gasteiger partial charge in [-0.25, -0.2) is 8.78 Å². The maximum atomic E-state index is 13.2. The number of esters is 3. The van der Waals surface area contributed by atoms with Gasteiger partial charge in [-0.1, -0.05) is 92.2 Å². The first-order valence-electron chi connectivity index (χ1n) is 18.5. The molecule has 0 aliphatic carbocycles. The molecule has 0 fully saturated rings. The van der Waals surface area contributed by atoms with Gasteiger partial charge in [0.2, 0.25) is 0 Å². The molecule has 0 saturated carbocycles. The minimum atomic E-state index is -0.428. The van der Waals surface area contributed by atoms with Gasteiger partial charge in [-0.05, 0) is 116 Å². The molecule has 0 atom stereocenters. The van der Waals surface area contributed by atoms with Gasteiger partial charge in [0.05, 0.1) is 40.1 Å². The molecule has 0 heterocycles. The van der Waals surface area contributed by atoms with E-state index in [9.17, 15) is 23.2 Å².